The molecule has 0 aromatic heterocycles. The fraction of sp³-hybridized carbons (Fsp3) is 0.0476. The van der Waals surface area contributed by atoms with Crippen LogP contribution in [0.25, 0.3) is 0 Å². The van der Waals surface area contributed by atoms with Crippen LogP contribution in [0.2, 0.25) is 5.02 Å². The summed E-state index contributed by atoms with van der Waals surface area (Å²) >= 11 is 5.77. The van der Waals surface area contributed by atoms with E-state index in [0.717, 1.165) is 0 Å². The minimum absolute atomic E-state index is 0.0438. The van der Waals surface area contributed by atoms with Crippen LogP contribution in [0, 0.1) is 5.82 Å². The first kappa shape index (κ1) is 21.5. The topological polar surface area (TPSA) is 87.6 Å². The van der Waals surface area contributed by atoms with Crippen LogP contribution in [0.15, 0.2) is 82.8 Å². The van der Waals surface area contributed by atoms with E-state index in [4.69, 9.17) is 11.6 Å². The van der Waals surface area contributed by atoms with Gasteiger partial charge in [0.15, 0.2) is 0 Å². The van der Waals surface area contributed by atoms with E-state index in [9.17, 15) is 17.6 Å². The molecule has 0 heterocycles. The summed E-state index contributed by atoms with van der Waals surface area (Å²) in [5, 5.41) is 7.07. The van der Waals surface area contributed by atoms with Gasteiger partial charge >= 0.3 is 0 Å². The summed E-state index contributed by atoms with van der Waals surface area (Å²) in [6.07, 6.45) is 0. The molecule has 0 bridgehead atoms. The van der Waals surface area contributed by atoms with Crippen LogP contribution in [0.5, 0.6) is 0 Å². The zero-order chi connectivity index (χ0) is 21.7. The van der Waals surface area contributed by atoms with E-state index in [-0.39, 0.29) is 10.8 Å². The Morgan fingerprint density at radius 2 is 1.47 bits per heavy atom. The second kappa shape index (κ2) is 9.06. The molecule has 2 N–H and O–H groups in total. The van der Waals surface area contributed by atoms with Crippen molar-refractivity contribution in [2.75, 3.05) is 5.32 Å². The van der Waals surface area contributed by atoms with E-state index in [1.807, 2.05) is 0 Å². The number of hydrogen-bond donors (Lipinski definition) is 2. The molecule has 9 heteroatoms. The van der Waals surface area contributed by atoms with Crippen molar-refractivity contribution in [2.24, 2.45) is 5.10 Å². The van der Waals surface area contributed by atoms with Crippen molar-refractivity contribution in [1.82, 2.24) is 4.83 Å². The molecular weight excluding hydrogens is 429 g/mol. The van der Waals surface area contributed by atoms with Gasteiger partial charge in [0.05, 0.1) is 10.6 Å². The molecule has 3 aromatic carbocycles. The molecule has 3 rings (SSSR count). The van der Waals surface area contributed by atoms with E-state index in [2.05, 4.69) is 15.2 Å². The predicted octanol–water partition coefficient (Wildman–Crippen LogP) is 4.43. The van der Waals surface area contributed by atoms with Crippen molar-refractivity contribution >= 4 is 38.9 Å². The standard InChI is InChI=1S/C21H17ClFN3O3S/c1-14(25-26-30(28,29)20-12-6-17(22)7-13-20)15-4-10-19(11-5-15)24-21(27)16-2-8-18(23)9-3-16/h2-13,26H,1H3,(H,24,27)/b25-14+. The summed E-state index contributed by atoms with van der Waals surface area (Å²) in [7, 11) is -3.82. The summed E-state index contributed by atoms with van der Waals surface area (Å²) in [5.74, 6) is -0.791. The zero-order valence-corrected chi connectivity index (χ0v) is 17.3. The van der Waals surface area contributed by atoms with Crippen LogP contribution >= 0.6 is 11.6 Å². The quantitative estimate of drug-likeness (QED) is 0.434. The summed E-state index contributed by atoms with van der Waals surface area (Å²) in [4.78, 5) is 14.4. The van der Waals surface area contributed by atoms with Gasteiger partial charge in [-0.2, -0.15) is 18.4 Å². The molecule has 1 amide bonds. The lowest BCUT2D eigenvalue weighted by atomic mass is 10.1. The molecule has 6 nitrogen and oxygen atoms in total. The number of rotatable bonds is 6. The summed E-state index contributed by atoms with van der Waals surface area (Å²) < 4.78 is 37.5. The number of nitrogens with zero attached hydrogens (tertiary/aromatic N) is 1. The number of benzene rings is 3. The van der Waals surface area contributed by atoms with Crippen molar-refractivity contribution < 1.29 is 17.6 Å². The van der Waals surface area contributed by atoms with E-state index >= 15 is 0 Å². The van der Waals surface area contributed by atoms with Crippen molar-refractivity contribution in [1.29, 1.82) is 0 Å². The van der Waals surface area contributed by atoms with Crippen LogP contribution in [0.3, 0.4) is 0 Å². The molecule has 30 heavy (non-hydrogen) atoms. The first-order valence-corrected chi connectivity index (χ1v) is 10.6. The molecule has 0 aliphatic heterocycles. The Balaban J connectivity index is 1.66. The van der Waals surface area contributed by atoms with Crippen LogP contribution in [-0.2, 0) is 10.0 Å². The fourth-order valence-electron chi connectivity index (χ4n) is 2.46. The van der Waals surface area contributed by atoms with Gasteiger partial charge in [-0.15, -0.1) is 0 Å². The number of carbonyl (C=O) groups is 1. The van der Waals surface area contributed by atoms with Gasteiger partial charge in [-0.05, 0) is 73.2 Å². The number of halogens is 2. The van der Waals surface area contributed by atoms with Gasteiger partial charge in [0.2, 0.25) is 0 Å². The minimum atomic E-state index is -3.82. The van der Waals surface area contributed by atoms with Gasteiger partial charge in [-0.25, -0.2) is 4.39 Å². The highest BCUT2D eigenvalue weighted by Gasteiger charge is 2.13. The van der Waals surface area contributed by atoms with Crippen LogP contribution in [0.1, 0.15) is 22.8 Å². The van der Waals surface area contributed by atoms with Crippen molar-refractivity contribution in [2.45, 2.75) is 11.8 Å². The third-order valence-corrected chi connectivity index (χ3v) is 5.60. The van der Waals surface area contributed by atoms with Crippen LogP contribution in [-0.4, -0.2) is 20.0 Å². The average Bonchev–Trinajstić information content (AvgIpc) is 2.73. The second-order valence-corrected chi connectivity index (χ2v) is 8.38. The molecule has 0 saturated carbocycles. The first-order chi connectivity index (χ1) is 14.2. The molecule has 0 radical (unpaired) electrons. The Morgan fingerprint density at radius 1 is 0.900 bits per heavy atom. The molecular formula is C21H17ClFN3O3S. The van der Waals surface area contributed by atoms with Gasteiger partial charge in [0.1, 0.15) is 5.82 Å². The second-order valence-electron chi connectivity index (χ2n) is 6.28. The minimum Gasteiger partial charge on any atom is -0.322 e. The number of carbonyl (C=O) groups excluding carboxylic acids is 1. The maximum atomic E-state index is 13.0. The Bertz CT molecular complexity index is 1180. The highest BCUT2D eigenvalue weighted by molar-refractivity contribution is 7.89. The molecule has 0 aliphatic carbocycles. The van der Waals surface area contributed by atoms with Gasteiger partial charge in [-0.3, -0.25) is 4.79 Å². The van der Waals surface area contributed by atoms with Gasteiger partial charge in [0.25, 0.3) is 15.9 Å². The summed E-state index contributed by atoms with van der Waals surface area (Å²) in [6.45, 7) is 1.65. The Labute approximate surface area is 178 Å². The lowest BCUT2D eigenvalue weighted by molar-refractivity contribution is 0.102. The lowest BCUT2D eigenvalue weighted by Crippen LogP contribution is -2.20. The Kier molecular flexibility index (Phi) is 6.49. The number of hydrazone groups is 1. The van der Waals surface area contributed by atoms with Crippen molar-refractivity contribution in [3.05, 3.63) is 94.8 Å². The highest BCUT2D eigenvalue weighted by Crippen LogP contribution is 2.15. The third-order valence-electron chi connectivity index (χ3n) is 4.12. The number of amides is 1. The predicted molar refractivity (Wildman–Crippen MR) is 115 cm³/mol. The maximum Gasteiger partial charge on any atom is 0.276 e. The largest absolute Gasteiger partial charge is 0.322 e. The fourth-order valence-corrected chi connectivity index (χ4v) is 3.44. The molecule has 0 aliphatic rings. The highest BCUT2D eigenvalue weighted by atomic mass is 35.5. The van der Waals surface area contributed by atoms with E-state index < -0.39 is 15.8 Å². The molecule has 154 valence electrons. The molecule has 0 spiro atoms. The molecule has 0 unspecified atom stereocenters. The number of sulfonamides is 1. The Morgan fingerprint density at radius 3 is 2.07 bits per heavy atom. The maximum absolute atomic E-state index is 13.0. The van der Waals surface area contributed by atoms with Gasteiger partial charge in [-0.1, -0.05) is 23.7 Å². The third kappa shape index (κ3) is 5.43. The molecule has 0 atom stereocenters. The smallest absolute Gasteiger partial charge is 0.276 e. The van der Waals surface area contributed by atoms with Gasteiger partial charge < -0.3 is 5.32 Å². The van der Waals surface area contributed by atoms with Crippen LogP contribution in [0.4, 0.5) is 10.1 Å². The van der Waals surface area contributed by atoms with Crippen LogP contribution < -0.4 is 10.1 Å². The first-order valence-electron chi connectivity index (χ1n) is 8.73. The van der Waals surface area contributed by atoms with E-state index in [0.29, 0.717) is 27.5 Å². The van der Waals surface area contributed by atoms with E-state index in [1.165, 1.54) is 48.5 Å². The number of nitrogens with one attached hydrogen (secondary N) is 2. The van der Waals surface area contributed by atoms with Crippen molar-refractivity contribution in [3.8, 4) is 0 Å². The number of anilines is 1. The lowest BCUT2D eigenvalue weighted by Gasteiger charge is -2.08. The van der Waals surface area contributed by atoms with E-state index in [1.54, 1.807) is 31.2 Å². The molecule has 0 saturated heterocycles. The number of hydrogen-bond acceptors (Lipinski definition) is 4. The zero-order valence-electron chi connectivity index (χ0n) is 15.8. The SMILES string of the molecule is C/C(=N\NS(=O)(=O)c1ccc(Cl)cc1)c1ccc(NC(=O)c2ccc(F)cc2)cc1. The summed E-state index contributed by atoms with van der Waals surface area (Å²) in [5.41, 5.74) is 1.95. The monoisotopic (exact) mass is 445 g/mol. The average molecular weight is 446 g/mol. The molecule has 3 aromatic rings. The van der Waals surface area contributed by atoms with Crippen molar-refractivity contribution in [3.63, 3.8) is 0 Å². The normalized spacial score (nSPS) is 11.8. The molecule has 0 fully saturated rings. The summed E-state index contributed by atoms with van der Waals surface area (Å²) in [6, 6.07) is 17.6. The Hall–Kier alpha value is -3.23. The van der Waals surface area contributed by atoms with Gasteiger partial charge in [0, 0.05) is 16.3 Å².